The summed E-state index contributed by atoms with van der Waals surface area (Å²) in [6.07, 6.45) is 3.11. The number of carbonyl (C=O) groups excluding carboxylic acids is 1. The molecule has 3 N–H and O–H groups in total. The Hall–Kier alpha value is -4.06. The van der Waals surface area contributed by atoms with Gasteiger partial charge in [0.05, 0.1) is 0 Å². The van der Waals surface area contributed by atoms with Crippen LogP contribution in [-0.4, -0.2) is 18.8 Å². The van der Waals surface area contributed by atoms with E-state index in [0.717, 1.165) is 11.1 Å². The van der Waals surface area contributed by atoms with E-state index in [9.17, 15) is 4.79 Å². The lowest BCUT2D eigenvalue weighted by atomic mass is 10.2. The van der Waals surface area contributed by atoms with Crippen molar-refractivity contribution in [3.8, 4) is 11.5 Å². The summed E-state index contributed by atoms with van der Waals surface area (Å²) >= 11 is 0. The summed E-state index contributed by atoms with van der Waals surface area (Å²) in [5.74, 6) is 0.643. The first kappa shape index (κ1) is 21.6. The first-order valence-corrected chi connectivity index (χ1v) is 9.85. The zero-order valence-electron chi connectivity index (χ0n) is 17.3. The zero-order chi connectivity index (χ0) is 21.9. The number of nitrogens with two attached hydrogens (primary N) is 1. The van der Waals surface area contributed by atoms with Gasteiger partial charge in [-0.3, -0.25) is 4.79 Å². The number of rotatable bonds is 9. The van der Waals surface area contributed by atoms with Crippen LogP contribution in [0.4, 0.5) is 0 Å². The van der Waals surface area contributed by atoms with Crippen molar-refractivity contribution in [3.05, 3.63) is 108 Å². The smallest absolute Gasteiger partial charge is 0.279 e. The number of hydrogen-bond donors (Lipinski definition) is 2. The first-order chi connectivity index (χ1) is 15.1. The van der Waals surface area contributed by atoms with E-state index in [2.05, 4.69) is 10.3 Å². The summed E-state index contributed by atoms with van der Waals surface area (Å²) in [4.78, 5) is 16.6. The van der Waals surface area contributed by atoms with Gasteiger partial charge in [-0.15, -0.1) is 0 Å². The van der Waals surface area contributed by atoms with Crippen molar-refractivity contribution >= 4 is 11.7 Å². The van der Waals surface area contributed by atoms with Gasteiger partial charge in [0.1, 0.15) is 30.5 Å². The molecule has 158 valence electrons. The fourth-order valence-corrected chi connectivity index (χ4v) is 2.73. The molecule has 0 radical (unpaired) electrons. The Morgan fingerprint density at radius 2 is 1.42 bits per heavy atom. The molecule has 3 rings (SSSR count). The largest absolute Gasteiger partial charge is 0.489 e. The Kier molecular flexibility index (Phi) is 7.83. The molecule has 0 aliphatic rings. The third-order valence-corrected chi connectivity index (χ3v) is 4.28. The molecule has 0 unspecified atom stereocenters. The highest BCUT2D eigenvalue weighted by atomic mass is 16.5. The number of aliphatic imine (C=N–C) groups is 1. The molecule has 0 aliphatic carbocycles. The number of amides is 1. The molecule has 0 heterocycles. The number of carbonyl (C=O) groups is 1. The molecular formula is C25H25N3O3. The van der Waals surface area contributed by atoms with Crippen LogP contribution in [-0.2, 0) is 13.2 Å². The predicted molar refractivity (Wildman–Crippen MR) is 122 cm³/mol. The van der Waals surface area contributed by atoms with Crippen LogP contribution >= 0.6 is 0 Å². The fourth-order valence-electron chi connectivity index (χ4n) is 2.73. The molecule has 0 saturated heterocycles. The Morgan fingerprint density at radius 3 is 1.90 bits per heavy atom. The molecule has 6 heteroatoms. The third kappa shape index (κ3) is 7.04. The van der Waals surface area contributed by atoms with Gasteiger partial charge in [-0.05, 0) is 35.5 Å². The Morgan fingerprint density at radius 1 is 0.903 bits per heavy atom. The van der Waals surface area contributed by atoms with Crippen molar-refractivity contribution in [3.63, 3.8) is 0 Å². The molecule has 3 aromatic carbocycles. The lowest BCUT2D eigenvalue weighted by molar-refractivity contribution is 0.100. The number of nitrogens with zero attached hydrogens (tertiary/aromatic N) is 1. The van der Waals surface area contributed by atoms with E-state index in [-0.39, 0.29) is 5.84 Å². The Labute approximate surface area is 182 Å². The van der Waals surface area contributed by atoms with E-state index in [1.54, 1.807) is 31.4 Å². The Balaban J connectivity index is 1.81. The summed E-state index contributed by atoms with van der Waals surface area (Å²) in [6, 6.07) is 24.6. The molecule has 0 atom stereocenters. The monoisotopic (exact) mass is 415 g/mol. The average molecular weight is 415 g/mol. The molecule has 3 aromatic rings. The van der Waals surface area contributed by atoms with Gasteiger partial charge in [-0.2, -0.15) is 4.99 Å². The second kappa shape index (κ2) is 11.2. The maximum atomic E-state index is 12.6. The van der Waals surface area contributed by atoms with Crippen molar-refractivity contribution in [2.75, 3.05) is 7.05 Å². The van der Waals surface area contributed by atoms with Crippen LogP contribution in [0.15, 0.2) is 96.1 Å². The van der Waals surface area contributed by atoms with Gasteiger partial charge >= 0.3 is 0 Å². The first-order valence-electron chi connectivity index (χ1n) is 9.85. The van der Waals surface area contributed by atoms with E-state index < -0.39 is 5.91 Å². The van der Waals surface area contributed by atoms with Crippen molar-refractivity contribution in [1.29, 1.82) is 0 Å². The van der Waals surface area contributed by atoms with Crippen LogP contribution < -0.4 is 20.5 Å². The molecule has 31 heavy (non-hydrogen) atoms. The van der Waals surface area contributed by atoms with Crippen LogP contribution in [0.2, 0.25) is 0 Å². The second-order valence-corrected chi connectivity index (χ2v) is 6.71. The molecule has 0 aromatic heterocycles. The maximum absolute atomic E-state index is 12.6. The number of ether oxygens (including phenoxy) is 2. The van der Waals surface area contributed by atoms with Crippen LogP contribution in [0.3, 0.4) is 0 Å². The van der Waals surface area contributed by atoms with Gasteiger partial charge in [-0.1, -0.05) is 60.7 Å². The van der Waals surface area contributed by atoms with Gasteiger partial charge < -0.3 is 20.5 Å². The lowest BCUT2D eigenvalue weighted by Gasteiger charge is -2.12. The van der Waals surface area contributed by atoms with E-state index in [1.165, 1.54) is 6.08 Å². The minimum atomic E-state index is -0.479. The van der Waals surface area contributed by atoms with Gasteiger partial charge in [0, 0.05) is 18.7 Å². The summed E-state index contributed by atoms with van der Waals surface area (Å²) in [5, 5.41) is 2.80. The quantitative estimate of drug-likeness (QED) is 0.406. The highest BCUT2D eigenvalue weighted by molar-refractivity contribution is 6.06. The summed E-state index contributed by atoms with van der Waals surface area (Å²) in [6.45, 7) is 0.736. The minimum absolute atomic E-state index is 0.0988. The van der Waals surface area contributed by atoms with Gasteiger partial charge in [0.15, 0.2) is 0 Å². The summed E-state index contributed by atoms with van der Waals surface area (Å²) < 4.78 is 11.8. The van der Waals surface area contributed by atoms with Crippen LogP contribution in [0.5, 0.6) is 11.5 Å². The topological polar surface area (TPSA) is 85.9 Å². The van der Waals surface area contributed by atoms with Gasteiger partial charge in [-0.25, -0.2) is 0 Å². The van der Waals surface area contributed by atoms with E-state index in [4.69, 9.17) is 15.2 Å². The van der Waals surface area contributed by atoms with Crippen LogP contribution in [0.1, 0.15) is 21.5 Å². The molecule has 0 spiro atoms. The third-order valence-electron chi connectivity index (χ3n) is 4.28. The molecule has 0 fully saturated rings. The standard InChI is InChI=1S/C25H25N3O3/c1-27-13-12-24(26)28-25(29)21-14-22(30-17-19-8-4-2-5-9-19)16-23(15-21)31-18-20-10-6-3-7-11-20/h2-16,27H,17-18H2,1H3,(H2,26,28,29)/b13-12-. The van der Waals surface area contributed by atoms with E-state index in [1.807, 2.05) is 60.7 Å². The van der Waals surface area contributed by atoms with Crippen molar-refractivity contribution < 1.29 is 14.3 Å². The maximum Gasteiger partial charge on any atom is 0.279 e. The number of hydrogen-bond acceptors (Lipinski definition) is 4. The van der Waals surface area contributed by atoms with Crippen molar-refractivity contribution in [2.24, 2.45) is 10.7 Å². The minimum Gasteiger partial charge on any atom is -0.489 e. The SMILES string of the molecule is CN/C=C\C(N)=NC(=O)c1cc(OCc2ccccc2)cc(OCc2ccccc2)c1. The van der Waals surface area contributed by atoms with Crippen LogP contribution in [0.25, 0.3) is 0 Å². The highest BCUT2D eigenvalue weighted by Crippen LogP contribution is 2.25. The number of benzene rings is 3. The van der Waals surface area contributed by atoms with Crippen molar-refractivity contribution in [2.45, 2.75) is 13.2 Å². The number of amidine groups is 1. The van der Waals surface area contributed by atoms with Gasteiger partial charge in [0.2, 0.25) is 0 Å². The zero-order valence-corrected chi connectivity index (χ0v) is 17.3. The lowest BCUT2D eigenvalue weighted by Crippen LogP contribution is -2.12. The Bertz CT molecular complexity index is 986. The van der Waals surface area contributed by atoms with Gasteiger partial charge in [0.25, 0.3) is 5.91 Å². The van der Waals surface area contributed by atoms with E-state index >= 15 is 0 Å². The predicted octanol–water partition coefficient (Wildman–Crippen LogP) is 4.08. The summed E-state index contributed by atoms with van der Waals surface area (Å²) in [7, 11) is 1.73. The second-order valence-electron chi connectivity index (χ2n) is 6.71. The molecule has 6 nitrogen and oxygen atoms in total. The average Bonchev–Trinajstić information content (AvgIpc) is 2.81. The molecule has 0 bridgehead atoms. The molecule has 0 aliphatic heterocycles. The fraction of sp³-hybridized carbons (Fsp3) is 0.120. The van der Waals surface area contributed by atoms with Crippen molar-refractivity contribution in [1.82, 2.24) is 5.32 Å². The molecule has 0 saturated carbocycles. The summed E-state index contributed by atoms with van der Waals surface area (Å²) in [5.41, 5.74) is 8.15. The molecular weight excluding hydrogens is 390 g/mol. The van der Waals surface area contributed by atoms with E-state index in [0.29, 0.717) is 30.3 Å². The van der Waals surface area contributed by atoms with Crippen LogP contribution in [0, 0.1) is 0 Å². The number of nitrogens with one attached hydrogen (secondary N) is 1. The molecule has 1 amide bonds. The highest BCUT2D eigenvalue weighted by Gasteiger charge is 2.11. The normalized spacial score (nSPS) is 11.3.